The molecule has 0 aromatic carbocycles. The van der Waals surface area contributed by atoms with Gasteiger partial charge in [-0.2, -0.15) is 39.5 Å². The molecule has 1 aliphatic rings. The molecular weight excluding hydrogens is 282 g/mol. The molecule has 0 aromatic heterocycles. The molecule has 0 spiro atoms. The van der Waals surface area contributed by atoms with Gasteiger partial charge in [0.1, 0.15) is 0 Å². The average molecular weight is 282 g/mol. The lowest BCUT2D eigenvalue weighted by Crippen LogP contribution is -2.54. The molecule has 0 amide bonds. The van der Waals surface area contributed by atoms with Gasteiger partial charge in [-0.3, -0.25) is 0 Å². The van der Waals surface area contributed by atoms with E-state index < -0.39 is 29.2 Å². The molecule has 0 aliphatic carbocycles. The lowest BCUT2D eigenvalue weighted by atomic mass is 10.0. The molecule has 1 atom stereocenters. The first kappa shape index (κ1) is 13.7. The van der Waals surface area contributed by atoms with Crippen LogP contribution in [-0.4, -0.2) is 29.2 Å². The van der Waals surface area contributed by atoms with Crippen LogP contribution in [0.5, 0.6) is 0 Å². The zero-order valence-electron chi connectivity index (χ0n) is 6.69. The van der Waals surface area contributed by atoms with Gasteiger partial charge in [-0.05, 0) is 0 Å². The van der Waals surface area contributed by atoms with Crippen LogP contribution >= 0.6 is 11.6 Å². The largest absolute Gasteiger partial charge is 0.435 e. The van der Waals surface area contributed by atoms with Crippen LogP contribution in [0, 0.1) is 0 Å². The average Bonchev–Trinajstić information content (AvgIpc) is 2.54. The fourth-order valence-electron chi connectivity index (χ4n) is 1.08. The topological polar surface area (TPSA) is 12.5 Å². The third kappa shape index (κ3) is 1.38. The van der Waals surface area contributed by atoms with Crippen molar-refractivity contribution in [1.82, 2.24) is 0 Å². The van der Waals surface area contributed by atoms with Crippen molar-refractivity contribution in [2.75, 3.05) is 0 Å². The minimum atomic E-state index is -6.32. The first-order valence-electron chi connectivity index (χ1n) is 3.30. The summed E-state index contributed by atoms with van der Waals surface area (Å²) in [7, 11) is 0. The van der Waals surface area contributed by atoms with Crippen LogP contribution in [-0.2, 0) is 4.74 Å². The van der Waals surface area contributed by atoms with Crippen molar-refractivity contribution in [3.05, 3.63) is 0 Å². The zero-order valence-corrected chi connectivity index (χ0v) is 7.44. The van der Waals surface area contributed by atoms with Crippen molar-refractivity contribution in [3.63, 3.8) is 0 Å². The van der Waals surface area contributed by atoms with Crippen molar-refractivity contribution >= 4 is 11.6 Å². The summed E-state index contributed by atoms with van der Waals surface area (Å²) in [5.41, 5.74) is -5.40. The Balaban J connectivity index is 3.28. The maximum absolute atomic E-state index is 12.0. The summed E-state index contributed by atoms with van der Waals surface area (Å²) >= 11 is 4.23. The van der Waals surface area contributed by atoms with Crippen molar-refractivity contribution in [1.29, 1.82) is 0 Å². The van der Waals surface area contributed by atoms with E-state index in [0.29, 0.717) is 0 Å². The van der Waals surface area contributed by atoms with E-state index in [4.69, 9.17) is 0 Å². The number of hydrogen-bond donors (Lipinski definition) is 0. The van der Waals surface area contributed by atoms with E-state index in [1.54, 1.807) is 0 Å². The molecule has 1 nitrogen and oxygen atoms in total. The van der Waals surface area contributed by atoms with Crippen LogP contribution < -0.4 is 0 Å². The maximum Gasteiger partial charge on any atom is 0.435 e. The fraction of sp³-hybridized carbons (Fsp3) is 1.00. The van der Waals surface area contributed by atoms with Gasteiger partial charge >= 0.3 is 24.1 Å². The molecular formula is C5ClF9O. The molecule has 1 heterocycles. The highest BCUT2D eigenvalue weighted by Gasteiger charge is 3.01. The summed E-state index contributed by atoms with van der Waals surface area (Å²) in [5, 5.41) is -4.81. The number of alkyl halides is 10. The summed E-state index contributed by atoms with van der Waals surface area (Å²) in [4.78, 5) is 0. The van der Waals surface area contributed by atoms with Gasteiger partial charge in [-0.15, -0.1) is 0 Å². The zero-order chi connectivity index (χ0) is 13.2. The monoisotopic (exact) mass is 282 g/mol. The first-order chi connectivity index (χ1) is 6.71. The second kappa shape index (κ2) is 2.89. The summed E-state index contributed by atoms with van der Waals surface area (Å²) in [6.45, 7) is 0. The van der Waals surface area contributed by atoms with Gasteiger partial charge in [-0.25, -0.2) is 0 Å². The van der Waals surface area contributed by atoms with Gasteiger partial charge < -0.3 is 4.74 Å². The fourth-order valence-corrected chi connectivity index (χ4v) is 1.41. The Labute approximate surface area is 86.1 Å². The molecule has 96 valence electrons. The Morgan fingerprint density at radius 2 is 1.00 bits per heavy atom. The standard InChI is InChI=1S/C5ClF9O/c6-2(5(13,14)15)1(16-2,3(7,8)9)4(10,11)12. The summed E-state index contributed by atoms with van der Waals surface area (Å²) in [5.74, 6) is 0. The molecule has 1 unspecified atom stereocenters. The van der Waals surface area contributed by atoms with E-state index in [1.165, 1.54) is 0 Å². The smallest absolute Gasteiger partial charge is 0.320 e. The molecule has 1 aliphatic heterocycles. The van der Waals surface area contributed by atoms with E-state index in [9.17, 15) is 39.5 Å². The van der Waals surface area contributed by atoms with Gasteiger partial charge in [0.2, 0.25) is 0 Å². The molecule has 16 heavy (non-hydrogen) atoms. The predicted molar refractivity (Wildman–Crippen MR) is 30.6 cm³/mol. The van der Waals surface area contributed by atoms with E-state index in [2.05, 4.69) is 16.3 Å². The molecule has 0 saturated carbocycles. The third-order valence-electron chi connectivity index (χ3n) is 1.87. The molecule has 0 aromatic rings. The van der Waals surface area contributed by atoms with Crippen LogP contribution in [0.2, 0.25) is 0 Å². The Hall–Kier alpha value is -0.380. The van der Waals surface area contributed by atoms with Crippen LogP contribution in [0.15, 0.2) is 0 Å². The van der Waals surface area contributed by atoms with E-state index >= 15 is 0 Å². The van der Waals surface area contributed by atoms with Gasteiger partial charge in [0.05, 0.1) is 0 Å². The quantitative estimate of drug-likeness (QED) is 0.377. The van der Waals surface area contributed by atoms with Crippen LogP contribution in [0.25, 0.3) is 0 Å². The molecule has 0 N–H and O–H groups in total. The molecule has 0 radical (unpaired) electrons. The van der Waals surface area contributed by atoms with Gasteiger partial charge in [0, 0.05) is 0 Å². The van der Waals surface area contributed by atoms with E-state index in [0.717, 1.165) is 0 Å². The second-order valence-corrected chi connectivity index (χ2v) is 3.40. The van der Waals surface area contributed by atoms with Crippen molar-refractivity contribution in [2.24, 2.45) is 0 Å². The summed E-state index contributed by atoms with van der Waals surface area (Å²) < 4.78 is 110. The lowest BCUT2D eigenvalue weighted by Gasteiger charge is -2.22. The normalized spacial score (nSPS) is 30.4. The molecule has 1 fully saturated rings. The first-order valence-corrected chi connectivity index (χ1v) is 3.68. The van der Waals surface area contributed by atoms with Crippen LogP contribution in [0.4, 0.5) is 39.5 Å². The minimum Gasteiger partial charge on any atom is -0.320 e. The molecule has 1 rings (SSSR count). The van der Waals surface area contributed by atoms with Crippen molar-refractivity contribution in [2.45, 2.75) is 29.2 Å². The highest BCUT2D eigenvalue weighted by atomic mass is 35.5. The van der Waals surface area contributed by atoms with Crippen molar-refractivity contribution in [3.8, 4) is 0 Å². The lowest BCUT2D eigenvalue weighted by molar-refractivity contribution is -0.296. The van der Waals surface area contributed by atoms with Crippen LogP contribution in [0.3, 0.4) is 0 Å². The molecule has 11 heteroatoms. The Morgan fingerprint density at radius 3 is 1.06 bits per heavy atom. The number of epoxide rings is 1. The number of rotatable bonds is 0. The van der Waals surface area contributed by atoms with Crippen LogP contribution in [0.1, 0.15) is 0 Å². The highest BCUT2D eigenvalue weighted by molar-refractivity contribution is 6.26. The minimum absolute atomic E-state index is 2.78. The number of ether oxygens (including phenoxy) is 1. The van der Waals surface area contributed by atoms with Gasteiger partial charge in [0.25, 0.3) is 5.06 Å². The van der Waals surface area contributed by atoms with Gasteiger partial charge in [0.15, 0.2) is 0 Å². The third-order valence-corrected chi connectivity index (χ3v) is 2.43. The van der Waals surface area contributed by atoms with Crippen molar-refractivity contribution < 1.29 is 44.3 Å². The Bertz CT molecular complexity index is 286. The van der Waals surface area contributed by atoms with E-state index in [1.807, 2.05) is 0 Å². The predicted octanol–water partition coefficient (Wildman–Crippen LogP) is 3.38. The van der Waals surface area contributed by atoms with E-state index in [-0.39, 0.29) is 0 Å². The molecule has 1 saturated heterocycles. The molecule has 0 bridgehead atoms. The summed E-state index contributed by atoms with van der Waals surface area (Å²) in [6.07, 6.45) is -18.6. The Kier molecular flexibility index (Phi) is 2.47. The number of hydrogen-bond acceptors (Lipinski definition) is 1. The maximum atomic E-state index is 12.0. The highest BCUT2D eigenvalue weighted by Crippen LogP contribution is 2.71. The Morgan fingerprint density at radius 1 is 0.688 bits per heavy atom. The number of halogens is 10. The van der Waals surface area contributed by atoms with Gasteiger partial charge in [-0.1, -0.05) is 11.6 Å². The second-order valence-electron chi connectivity index (χ2n) is 2.87. The SMILES string of the molecule is FC(F)(F)C1(Cl)OC1(C(F)(F)F)C(F)(F)F. The summed E-state index contributed by atoms with van der Waals surface area (Å²) in [6, 6.07) is 0.